The molecule has 3 aromatic heterocycles. The molecule has 3 aromatic rings. The number of thiazole rings is 1. The fourth-order valence-electron chi connectivity index (χ4n) is 3.10. The maximum atomic E-state index is 4.40. The van der Waals surface area contributed by atoms with Crippen LogP contribution >= 0.6 is 11.3 Å². The molecule has 0 bridgehead atoms. The monoisotopic (exact) mass is 328 g/mol. The largest absolute Gasteiger partial charge is 0.348 e. The van der Waals surface area contributed by atoms with Gasteiger partial charge in [-0.1, -0.05) is 6.07 Å². The summed E-state index contributed by atoms with van der Waals surface area (Å²) in [5.74, 6) is 1.02. The molecule has 120 valence electrons. The summed E-state index contributed by atoms with van der Waals surface area (Å²) in [6.07, 6.45) is 7.14. The quantitative estimate of drug-likeness (QED) is 0.776. The first-order valence-corrected chi connectivity index (χ1v) is 8.94. The summed E-state index contributed by atoms with van der Waals surface area (Å²) in [7, 11) is 0. The number of fused-ring (bicyclic) bond motifs is 1. The minimum Gasteiger partial charge on any atom is -0.348 e. The first-order valence-electron chi connectivity index (χ1n) is 8.06. The summed E-state index contributed by atoms with van der Waals surface area (Å²) in [5.41, 5.74) is 0.916. The number of nitrogens with one attached hydrogen (secondary N) is 1. The van der Waals surface area contributed by atoms with Crippen molar-refractivity contribution in [2.75, 3.05) is 24.5 Å². The van der Waals surface area contributed by atoms with Crippen molar-refractivity contribution in [1.82, 2.24) is 24.9 Å². The third-order valence-corrected chi connectivity index (χ3v) is 5.18. The molecule has 23 heavy (non-hydrogen) atoms. The number of aromatic nitrogens is 4. The maximum Gasteiger partial charge on any atom is 0.185 e. The predicted octanol–water partition coefficient (Wildman–Crippen LogP) is 1.99. The van der Waals surface area contributed by atoms with Gasteiger partial charge in [0.05, 0.1) is 0 Å². The molecule has 0 unspecified atom stereocenters. The number of hydrogen-bond acceptors (Lipinski definition) is 6. The Balaban J connectivity index is 1.26. The van der Waals surface area contributed by atoms with Crippen LogP contribution < -0.4 is 10.2 Å². The first-order chi connectivity index (χ1) is 11.4. The minimum absolute atomic E-state index is 0.588. The number of nitrogens with zero attached hydrogens (tertiary/aromatic N) is 5. The van der Waals surface area contributed by atoms with Crippen molar-refractivity contribution in [3.05, 3.63) is 41.8 Å². The van der Waals surface area contributed by atoms with Gasteiger partial charge < -0.3 is 10.2 Å². The Morgan fingerprint density at radius 3 is 2.96 bits per heavy atom. The van der Waals surface area contributed by atoms with Gasteiger partial charge in [-0.15, -0.1) is 21.5 Å². The van der Waals surface area contributed by atoms with E-state index in [1.54, 1.807) is 11.3 Å². The third kappa shape index (κ3) is 3.20. The van der Waals surface area contributed by atoms with Crippen molar-refractivity contribution in [1.29, 1.82) is 0 Å². The molecule has 0 aromatic carbocycles. The van der Waals surface area contributed by atoms with Crippen molar-refractivity contribution in [2.24, 2.45) is 0 Å². The van der Waals surface area contributed by atoms with Crippen molar-refractivity contribution in [3.63, 3.8) is 0 Å². The smallest absolute Gasteiger partial charge is 0.185 e. The molecule has 4 rings (SSSR count). The molecule has 1 N–H and O–H groups in total. The lowest BCUT2D eigenvalue weighted by molar-refractivity contribution is 0.416. The molecule has 0 amide bonds. The molecule has 0 radical (unpaired) electrons. The Hall–Kier alpha value is -1.99. The lowest BCUT2D eigenvalue weighted by Gasteiger charge is -2.32. The van der Waals surface area contributed by atoms with E-state index < -0.39 is 0 Å². The second-order valence-electron chi connectivity index (χ2n) is 5.83. The normalized spacial score (nSPS) is 16.3. The molecule has 1 aliphatic rings. The van der Waals surface area contributed by atoms with Crippen molar-refractivity contribution in [2.45, 2.75) is 25.3 Å². The molecule has 1 saturated heterocycles. The van der Waals surface area contributed by atoms with Gasteiger partial charge in [0.1, 0.15) is 5.82 Å². The molecule has 6 nitrogen and oxygen atoms in total. The molecule has 7 heteroatoms. The van der Waals surface area contributed by atoms with E-state index in [0.29, 0.717) is 6.04 Å². The molecule has 1 fully saturated rings. The van der Waals surface area contributed by atoms with Crippen molar-refractivity contribution >= 4 is 22.1 Å². The number of piperidine rings is 1. The Bertz CT molecular complexity index is 745. The van der Waals surface area contributed by atoms with E-state index in [1.165, 1.54) is 12.8 Å². The molecule has 0 spiro atoms. The average molecular weight is 328 g/mol. The fraction of sp³-hybridized carbons (Fsp3) is 0.438. The molecular formula is C16H20N6S. The second-order valence-corrected chi connectivity index (χ2v) is 6.70. The van der Waals surface area contributed by atoms with Crippen molar-refractivity contribution in [3.8, 4) is 0 Å². The van der Waals surface area contributed by atoms with Gasteiger partial charge in [-0.3, -0.25) is 4.40 Å². The van der Waals surface area contributed by atoms with Gasteiger partial charge in [-0.2, -0.15) is 0 Å². The van der Waals surface area contributed by atoms with Gasteiger partial charge in [0.15, 0.2) is 10.8 Å². The van der Waals surface area contributed by atoms with Crippen LogP contribution in [0.4, 0.5) is 5.13 Å². The molecule has 0 atom stereocenters. The van der Waals surface area contributed by atoms with Crippen LogP contribution in [0.25, 0.3) is 5.65 Å². The SMILES string of the molecule is c1ccn2c(CCNC3CCN(c4nccs4)CC3)nnc2c1. The number of anilines is 1. The van der Waals surface area contributed by atoms with Crippen LogP contribution in [0.15, 0.2) is 36.0 Å². The van der Waals surface area contributed by atoms with E-state index in [1.807, 2.05) is 36.0 Å². The average Bonchev–Trinajstić information content (AvgIpc) is 3.26. The zero-order valence-electron chi connectivity index (χ0n) is 12.9. The molecular weight excluding hydrogens is 308 g/mol. The topological polar surface area (TPSA) is 58.4 Å². The Morgan fingerprint density at radius 2 is 2.13 bits per heavy atom. The van der Waals surface area contributed by atoms with Gasteiger partial charge in [-0.25, -0.2) is 4.98 Å². The summed E-state index contributed by atoms with van der Waals surface area (Å²) >= 11 is 1.72. The van der Waals surface area contributed by atoms with E-state index >= 15 is 0 Å². The summed E-state index contributed by atoms with van der Waals surface area (Å²) in [5, 5.41) is 15.3. The van der Waals surface area contributed by atoms with Gasteiger partial charge in [-0.05, 0) is 25.0 Å². The van der Waals surface area contributed by atoms with E-state index in [-0.39, 0.29) is 0 Å². The first kappa shape index (κ1) is 14.6. The number of hydrogen-bond donors (Lipinski definition) is 1. The highest BCUT2D eigenvalue weighted by atomic mass is 32.1. The lowest BCUT2D eigenvalue weighted by atomic mass is 10.1. The van der Waals surface area contributed by atoms with Crippen LogP contribution in [-0.2, 0) is 6.42 Å². The van der Waals surface area contributed by atoms with Crippen LogP contribution in [0.2, 0.25) is 0 Å². The van der Waals surface area contributed by atoms with Gasteiger partial charge >= 0.3 is 0 Å². The highest BCUT2D eigenvalue weighted by Gasteiger charge is 2.20. The van der Waals surface area contributed by atoms with Gasteiger partial charge in [0.2, 0.25) is 0 Å². The van der Waals surface area contributed by atoms with E-state index in [4.69, 9.17) is 0 Å². The van der Waals surface area contributed by atoms with Gasteiger partial charge in [0.25, 0.3) is 0 Å². The molecule has 0 saturated carbocycles. The molecule has 4 heterocycles. The predicted molar refractivity (Wildman–Crippen MR) is 92.0 cm³/mol. The number of pyridine rings is 1. The second kappa shape index (κ2) is 6.64. The van der Waals surface area contributed by atoms with E-state index in [0.717, 1.165) is 42.7 Å². The lowest BCUT2D eigenvalue weighted by Crippen LogP contribution is -2.43. The van der Waals surface area contributed by atoms with Crippen LogP contribution in [0, 0.1) is 0 Å². The fourth-order valence-corrected chi connectivity index (χ4v) is 3.79. The summed E-state index contributed by atoms with van der Waals surface area (Å²) in [6, 6.07) is 6.58. The van der Waals surface area contributed by atoms with Crippen LogP contribution in [0.3, 0.4) is 0 Å². The molecule has 0 aliphatic carbocycles. The van der Waals surface area contributed by atoms with E-state index in [2.05, 4.69) is 29.8 Å². The highest BCUT2D eigenvalue weighted by molar-refractivity contribution is 7.13. The summed E-state index contributed by atoms with van der Waals surface area (Å²) < 4.78 is 2.06. The van der Waals surface area contributed by atoms with Gasteiger partial charge in [0, 0.05) is 49.9 Å². The van der Waals surface area contributed by atoms with E-state index in [9.17, 15) is 0 Å². The summed E-state index contributed by atoms with van der Waals surface area (Å²) in [6.45, 7) is 3.11. The Labute approximate surface area is 139 Å². The Morgan fingerprint density at radius 1 is 1.22 bits per heavy atom. The maximum absolute atomic E-state index is 4.40. The number of rotatable bonds is 5. The highest BCUT2D eigenvalue weighted by Crippen LogP contribution is 2.21. The Kier molecular flexibility index (Phi) is 4.21. The van der Waals surface area contributed by atoms with Crippen LogP contribution in [0.1, 0.15) is 18.7 Å². The third-order valence-electron chi connectivity index (χ3n) is 4.35. The molecule has 1 aliphatic heterocycles. The summed E-state index contributed by atoms with van der Waals surface area (Å²) in [4.78, 5) is 6.78. The zero-order chi connectivity index (χ0) is 15.5. The zero-order valence-corrected chi connectivity index (χ0v) is 13.7. The van der Waals surface area contributed by atoms with Crippen LogP contribution in [0.5, 0.6) is 0 Å². The standard InChI is InChI=1S/C16H20N6S/c1-2-9-22-14(3-1)19-20-15(22)4-7-17-13-5-10-21(11-6-13)16-18-8-12-23-16/h1-3,8-9,12-13,17H,4-7,10-11H2. The minimum atomic E-state index is 0.588. The van der Waals surface area contributed by atoms with Crippen molar-refractivity contribution < 1.29 is 0 Å². The van der Waals surface area contributed by atoms with Crippen LogP contribution in [-0.4, -0.2) is 45.3 Å².